The van der Waals surface area contributed by atoms with E-state index in [1.807, 2.05) is 13.8 Å². The number of nitrogens with zero attached hydrogens (tertiary/aromatic N) is 2. The molecular formula is C25H30F3N3O4. The number of rotatable bonds is 7. The third-order valence-corrected chi connectivity index (χ3v) is 5.50. The lowest BCUT2D eigenvalue weighted by Gasteiger charge is -2.36. The fourth-order valence-corrected chi connectivity index (χ4v) is 3.83. The van der Waals surface area contributed by atoms with E-state index >= 15 is 0 Å². The molecule has 0 radical (unpaired) electrons. The molecule has 1 atom stereocenters. The van der Waals surface area contributed by atoms with Crippen molar-refractivity contribution in [3.8, 4) is 5.75 Å². The fraction of sp³-hybridized carbons (Fsp3) is 0.440. The van der Waals surface area contributed by atoms with Crippen molar-refractivity contribution in [1.29, 1.82) is 0 Å². The minimum Gasteiger partial charge on any atom is -0.497 e. The minimum absolute atomic E-state index is 0.129. The van der Waals surface area contributed by atoms with Crippen LogP contribution in [-0.4, -0.2) is 67.7 Å². The molecule has 1 heterocycles. The normalized spacial score (nSPS) is 16.2. The van der Waals surface area contributed by atoms with Crippen LogP contribution in [0.2, 0.25) is 0 Å². The van der Waals surface area contributed by atoms with Crippen LogP contribution in [-0.2, 0) is 10.9 Å². The molecule has 1 fully saturated rings. The van der Waals surface area contributed by atoms with E-state index in [9.17, 15) is 22.8 Å². The molecule has 0 spiro atoms. The van der Waals surface area contributed by atoms with Gasteiger partial charge in [0.15, 0.2) is 0 Å². The third kappa shape index (κ3) is 7.35. The molecule has 10 heteroatoms. The second-order valence-electron chi connectivity index (χ2n) is 8.78. The number of benzene rings is 2. The molecule has 0 saturated carbocycles. The van der Waals surface area contributed by atoms with Crippen molar-refractivity contribution in [3.05, 3.63) is 59.7 Å². The van der Waals surface area contributed by atoms with Gasteiger partial charge in [-0.1, -0.05) is 19.9 Å². The van der Waals surface area contributed by atoms with Crippen LogP contribution in [0.5, 0.6) is 5.75 Å². The van der Waals surface area contributed by atoms with E-state index in [4.69, 9.17) is 9.47 Å². The molecule has 2 aromatic carbocycles. The van der Waals surface area contributed by atoms with Gasteiger partial charge >= 0.3 is 12.2 Å². The van der Waals surface area contributed by atoms with Crippen LogP contribution in [0.4, 0.5) is 23.7 Å². The molecule has 3 amide bonds. The highest BCUT2D eigenvalue weighted by Gasteiger charge is 2.31. The molecule has 35 heavy (non-hydrogen) atoms. The number of carbonyl (C=O) groups excluding carboxylic acids is 2. The summed E-state index contributed by atoms with van der Waals surface area (Å²) in [5.74, 6) is 0.368. The molecule has 190 valence electrons. The van der Waals surface area contributed by atoms with Gasteiger partial charge in [-0.3, -0.25) is 4.79 Å². The molecular weight excluding hydrogens is 463 g/mol. The Morgan fingerprint density at radius 1 is 1.20 bits per heavy atom. The van der Waals surface area contributed by atoms with Gasteiger partial charge in [-0.05, 0) is 42.3 Å². The maximum atomic E-state index is 13.1. The molecule has 1 aliphatic rings. The number of urea groups is 1. The number of hydrogen-bond donors (Lipinski definition) is 1. The van der Waals surface area contributed by atoms with Crippen molar-refractivity contribution < 1.29 is 32.2 Å². The Kier molecular flexibility index (Phi) is 8.61. The molecule has 1 N–H and O–H groups in total. The summed E-state index contributed by atoms with van der Waals surface area (Å²) in [5.41, 5.74) is -0.0452. The molecule has 3 rings (SSSR count). The average Bonchev–Trinajstić information content (AvgIpc) is 2.82. The first kappa shape index (κ1) is 26.3. The Balaban J connectivity index is 1.66. The van der Waals surface area contributed by atoms with Crippen molar-refractivity contribution in [2.75, 3.05) is 45.2 Å². The Morgan fingerprint density at radius 3 is 2.54 bits per heavy atom. The second-order valence-corrected chi connectivity index (χ2v) is 8.78. The minimum atomic E-state index is -4.47. The summed E-state index contributed by atoms with van der Waals surface area (Å²) in [6.07, 6.45) is -4.90. The molecule has 2 aromatic rings. The van der Waals surface area contributed by atoms with Crippen LogP contribution in [0.25, 0.3) is 0 Å². The quantitative estimate of drug-likeness (QED) is 0.605. The van der Waals surface area contributed by atoms with Crippen molar-refractivity contribution in [1.82, 2.24) is 9.80 Å². The zero-order chi connectivity index (χ0) is 25.6. The number of amides is 3. The molecule has 0 bridgehead atoms. The maximum absolute atomic E-state index is 13.1. The number of halogens is 3. The van der Waals surface area contributed by atoms with Crippen LogP contribution >= 0.6 is 0 Å². The standard InChI is InChI=1S/C25H30F3N3O4/c1-17(2)14-31(23(32)18-7-9-19(10-8-18)25(26,27)28)16-22-15-30(11-12-35-22)24(33)29-20-5-4-6-21(13-20)34-3/h4-10,13,17,22H,11-12,14-16H2,1-3H3,(H,29,33). The second kappa shape index (κ2) is 11.4. The van der Waals surface area contributed by atoms with E-state index in [0.29, 0.717) is 31.1 Å². The topological polar surface area (TPSA) is 71.1 Å². The average molecular weight is 494 g/mol. The van der Waals surface area contributed by atoms with E-state index in [2.05, 4.69) is 5.32 Å². The molecule has 1 unspecified atom stereocenters. The van der Waals surface area contributed by atoms with E-state index in [-0.39, 0.29) is 36.5 Å². The van der Waals surface area contributed by atoms with Gasteiger partial charge in [0, 0.05) is 37.0 Å². The van der Waals surface area contributed by atoms with Gasteiger partial charge in [0.05, 0.1) is 31.9 Å². The SMILES string of the molecule is COc1cccc(NC(=O)N2CCOC(CN(CC(C)C)C(=O)c3ccc(C(F)(F)F)cc3)C2)c1. The number of ether oxygens (including phenoxy) is 2. The third-order valence-electron chi connectivity index (χ3n) is 5.50. The lowest BCUT2D eigenvalue weighted by atomic mass is 10.1. The Bertz CT molecular complexity index is 1010. The van der Waals surface area contributed by atoms with Crippen molar-refractivity contribution in [2.24, 2.45) is 5.92 Å². The summed E-state index contributed by atoms with van der Waals surface area (Å²) in [4.78, 5) is 29.1. The van der Waals surface area contributed by atoms with Gasteiger partial charge in [-0.25, -0.2) is 4.79 Å². The van der Waals surface area contributed by atoms with Gasteiger partial charge in [-0.2, -0.15) is 13.2 Å². The number of nitrogens with one attached hydrogen (secondary N) is 1. The number of alkyl halides is 3. The predicted molar refractivity (Wildman–Crippen MR) is 126 cm³/mol. The van der Waals surface area contributed by atoms with Gasteiger partial charge in [0.2, 0.25) is 0 Å². The van der Waals surface area contributed by atoms with Crippen molar-refractivity contribution >= 4 is 17.6 Å². The maximum Gasteiger partial charge on any atom is 0.416 e. The lowest BCUT2D eigenvalue weighted by molar-refractivity contribution is -0.137. The van der Waals surface area contributed by atoms with E-state index in [0.717, 1.165) is 12.1 Å². The first-order valence-electron chi connectivity index (χ1n) is 11.3. The first-order valence-corrected chi connectivity index (χ1v) is 11.3. The molecule has 0 aromatic heterocycles. The van der Waals surface area contributed by atoms with Crippen LogP contribution < -0.4 is 10.1 Å². The summed E-state index contributed by atoms with van der Waals surface area (Å²) in [6.45, 7) is 5.47. The number of carbonyl (C=O) groups is 2. The Morgan fingerprint density at radius 2 is 1.91 bits per heavy atom. The van der Waals surface area contributed by atoms with E-state index < -0.39 is 17.8 Å². The highest BCUT2D eigenvalue weighted by atomic mass is 19.4. The summed E-state index contributed by atoms with van der Waals surface area (Å²) in [5, 5.41) is 2.84. The van der Waals surface area contributed by atoms with Crippen LogP contribution in [0.1, 0.15) is 29.8 Å². The molecule has 1 saturated heterocycles. The van der Waals surface area contributed by atoms with Crippen molar-refractivity contribution in [3.63, 3.8) is 0 Å². The van der Waals surface area contributed by atoms with Gasteiger partial charge in [-0.15, -0.1) is 0 Å². The zero-order valence-electron chi connectivity index (χ0n) is 20.0. The fourth-order valence-electron chi connectivity index (χ4n) is 3.83. The lowest BCUT2D eigenvalue weighted by Crippen LogP contribution is -2.52. The summed E-state index contributed by atoms with van der Waals surface area (Å²) in [7, 11) is 1.54. The number of morpholine rings is 1. The number of hydrogen-bond acceptors (Lipinski definition) is 4. The van der Waals surface area contributed by atoms with Crippen molar-refractivity contribution in [2.45, 2.75) is 26.1 Å². The smallest absolute Gasteiger partial charge is 0.416 e. The first-order chi connectivity index (χ1) is 16.6. The molecule has 7 nitrogen and oxygen atoms in total. The van der Waals surface area contributed by atoms with Crippen LogP contribution in [0.3, 0.4) is 0 Å². The molecule has 1 aliphatic heterocycles. The van der Waals surface area contributed by atoms with Crippen LogP contribution in [0, 0.1) is 5.92 Å². The van der Waals surface area contributed by atoms with Gasteiger partial charge in [0.1, 0.15) is 5.75 Å². The zero-order valence-corrected chi connectivity index (χ0v) is 20.0. The number of anilines is 1. The largest absolute Gasteiger partial charge is 0.497 e. The predicted octanol–water partition coefficient (Wildman–Crippen LogP) is 4.75. The highest BCUT2D eigenvalue weighted by molar-refractivity contribution is 5.94. The van der Waals surface area contributed by atoms with Crippen LogP contribution in [0.15, 0.2) is 48.5 Å². The van der Waals surface area contributed by atoms with E-state index in [1.54, 1.807) is 41.2 Å². The molecule has 0 aliphatic carbocycles. The summed E-state index contributed by atoms with van der Waals surface area (Å²) in [6, 6.07) is 10.9. The Hall–Kier alpha value is -3.27. The highest BCUT2D eigenvalue weighted by Crippen LogP contribution is 2.29. The monoisotopic (exact) mass is 493 g/mol. The Labute approximate surface area is 202 Å². The van der Waals surface area contributed by atoms with Gasteiger partial charge < -0.3 is 24.6 Å². The van der Waals surface area contributed by atoms with Gasteiger partial charge in [0.25, 0.3) is 5.91 Å². The summed E-state index contributed by atoms with van der Waals surface area (Å²) < 4.78 is 49.6. The number of methoxy groups -OCH3 is 1. The van der Waals surface area contributed by atoms with E-state index in [1.165, 1.54) is 12.1 Å². The summed E-state index contributed by atoms with van der Waals surface area (Å²) >= 11 is 0.